The second-order valence-electron chi connectivity index (χ2n) is 5.20. The maximum atomic E-state index is 12.6. The Hall–Kier alpha value is -2.77. The highest BCUT2D eigenvalue weighted by atomic mass is 19.4. The molecule has 0 fully saturated rings. The molecule has 0 spiro atoms. The zero-order valence-corrected chi connectivity index (χ0v) is 12.7. The van der Waals surface area contributed by atoms with Crippen LogP contribution < -0.4 is 10.9 Å². The highest BCUT2D eigenvalue weighted by Gasteiger charge is 2.30. The molecule has 0 aliphatic rings. The van der Waals surface area contributed by atoms with Gasteiger partial charge in [0.1, 0.15) is 0 Å². The number of aromatic nitrogens is 1. The number of nitrogens with one attached hydrogen (secondary N) is 1. The lowest BCUT2D eigenvalue weighted by Gasteiger charge is -2.10. The number of amides is 1. The van der Waals surface area contributed by atoms with Gasteiger partial charge in [-0.05, 0) is 24.1 Å². The van der Waals surface area contributed by atoms with Crippen molar-refractivity contribution in [1.82, 2.24) is 9.88 Å². The molecule has 0 unspecified atom stereocenters. The van der Waals surface area contributed by atoms with Crippen LogP contribution in [0.2, 0.25) is 0 Å². The number of benzene rings is 1. The molecule has 2 aromatic rings. The van der Waals surface area contributed by atoms with Gasteiger partial charge in [0.05, 0.1) is 11.1 Å². The molecule has 0 atom stereocenters. The van der Waals surface area contributed by atoms with E-state index in [1.165, 1.54) is 31.4 Å². The van der Waals surface area contributed by atoms with Crippen LogP contribution in [0.1, 0.15) is 21.5 Å². The summed E-state index contributed by atoms with van der Waals surface area (Å²) in [5, 5.41) is 12.1. The van der Waals surface area contributed by atoms with Gasteiger partial charge >= 0.3 is 6.18 Å². The van der Waals surface area contributed by atoms with Crippen LogP contribution in [-0.4, -0.2) is 22.1 Å². The Bertz CT molecular complexity index is 813. The largest absolute Gasteiger partial charge is 0.502 e. The van der Waals surface area contributed by atoms with Crippen molar-refractivity contribution in [2.75, 3.05) is 6.54 Å². The minimum Gasteiger partial charge on any atom is -0.502 e. The van der Waals surface area contributed by atoms with Gasteiger partial charge in [0.25, 0.3) is 11.5 Å². The van der Waals surface area contributed by atoms with Gasteiger partial charge < -0.3 is 15.0 Å². The third-order valence-corrected chi connectivity index (χ3v) is 3.44. The van der Waals surface area contributed by atoms with E-state index >= 15 is 0 Å². The molecule has 0 saturated heterocycles. The van der Waals surface area contributed by atoms with Crippen LogP contribution in [0.15, 0.2) is 41.3 Å². The molecule has 0 aliphatic carbocycles. The van der Waals surface area contributed by atoms with E-state index in [9.17, 15) is 27.9 Å². The van der Waals surface area contributed by atoms with Crippen molar-refractivity contribution >= 4 is 5.91 Å². The lowest BCUT2D eigenvalue weighted by Crippen LogP contribution is -2.28. The summed E-state index contributed by atoms with van der Waals surface area (Å²) >= 11 is 0. The van der Waals surface area contributed by atoms with Crippen molar-refractivity contribution in [3.8, 4) is 5.75 Å². The van der Waals surface area contributed by atoms with Crippen molar-refractivity contribution in [3.05, 3.63) is 63.6 Å². The molecule has 24 heavy (non-hydrogen) atoms. The number of carbonyl (C=O) groups is 1. The number of aromatic hydroxyl groups is 1. The van der Waals surface area contributed by atoms with Crippen molar-refractivity contribution in [2.24, 2.45) is 7.05 Å². The Kier molecular flexibility index (Phi) is 4.96. The second-order valence-corrected chi connectivity index (χ2v) is 5.20. The summed E-state index contributed by atoms with van der Waals surface area (Å²) in [4.78, 5) is 23.5. The average Bonchev–Trinajstić information content (AvgIpc) is 2.52. The molecule has 0 aliphatic heterocycles. The van der Waals surface area contributed by atoms with Crippen LogP contribution in [0.3, 0.4) is 0 Å². The molecule has 128 valence electrons. The van der Waals surface area contributed by atoms with Gasteiger partial charge in [-0.2, -0.15) is 13.2 Å². The zero-order valence-electron chi connectivity index (χ0n) is 12.7. The van der Waals surface area contributed by atoms with Crippen molar-refractivity contribution < 1.29 is 23.1 Å². The fourth-order valence-electron chi connectivity index (χ4n) is 2.12. The third kappa shape index (κ3) is 3.95. The summed E-state index contributed by atoms with van der Waals surface area (Å²) in [6.07, 6.45) is -2.90. The van der Waals surface area contributed by atoms with Gasteiger partial charge in [-0.25, -0.2) is 0 Å². The van der Waals surface area contributed by atoms with Gasteiger partial charge in [0.15, 0.2) is 5.75 Å². The molecule has 0 saturated carbocycles. The number of pyridine rings is 1. The van der Waals surface area contributed by atoms with Gasteiger partial charge in [-0.1, -0.05) is 18.2 Å². The number of hydrogen-bond donors (Lipinski definition) is 2. The normalized spacial score (nSPS) is 11.3. The Balaban J connectivity index is 2.01. The van der Waals surface area contributed by atoms with Gasteiger partial charge in [-0.3, -0.25) is 9.59 Å². The monoisotopic (exact) mass is 340 g/mol. The van der Waals surface area contributed by atoms with E-state index < -0.39 is 29.0 Å². The minimum atomic E-state index is -4.42. The SMILES string of the molecule is Cn1ccc(C(=O)NCCc2cccc(C(F)(F)F)c2)c(O)c1=O. The van der Waals surface area contributed by atoms with Gasteiger partial charge in [0, 0.05) is 19.8 Å². The number of hydrogen-bond acceptors (Lipinski definition) is 3. The quantitative estimate of drug-likeness (QED) is 0.895. The first-order valence-electron chi connectivity index (χ1n) is 7.03. The molecule has 2 rings (SSSR count). The number of carbonyl (C=O) groups excluding carboxylic acids is 1. The lowest BCUT2D eigenvalue weighted by molar-refractivity contribution is -0.137. The summed E-state index contributed by atoms with van der Waals surface area (Å²) in [5.41, 5.74) is -1.23. The molecular formula is C16H15F3N2O3. The van der Waals surface area contributed by atoms with E-state index in [0.29, 0.717) is 5.56 Å². The maximum absolute atomic E-state index is 12.6. The zero-order chi connectivity index (χ0) is 17.9. The lowest BCUT2D eigenvalue weighted by atomic mass is 10.1. The van der Waals surface area contributed by atoms with Gasteiger partial charge in [0.2, 0.25) is 0 Å². The topological polar surface area (TPSA) is 71.3 Å². The van der Waals surface area contributed by atoms with E-state index in [1.807, 2.05) is 0 Å². The van der Waals surface area contributed by atoms with Crippen LogP contribution in [0.5, 0.6) is 5.75 Å². The molecule has 1 amide bonds. The summed E-state index contributed by atoms with van der Waals surface area (Å²) < 4.78 is 39.0. The molecule has 5 nitrogen and oxygen atoms in total. The number of nitrogens with zero attached hydrogens (tertiary/aromatic N) is 1. The summed E-state index contributed by atoms with van der Waals surface area (Å²) in [6, 6.07) is 6.10. The molecule has 1 heterocycles. The van der Waals surface area contributed by atoms with E-state index in [-0.39, 0.29) is 18.5 Å². The number of rotatable bonds is 4. The van der Waals surface area contributed by atoms with E-state index in [0.717, 1.165) is 16.7 Å². The molecule has 1 aromatic heterocycles. The highest BCUT2D eigenvalue weighted by Crippen LogP contribution is 2.29. The fourth-order valence-corrected chi connectivity index (χ4v) is 2.12. The number of alkyl halides is 3. The number of aryl methyl sites for hydroxylation is 1. The summed E-state index contributed by atoms with van der Waals surface area (Å²) in [7, 11) is 1.43. The highest BCUT2D eigenvalue weighted by molar-refractivity contribution is 5.96. The van der Waals surface area contributed by atoms with Crippen LogP contribution in [0, 0.1) is 0 Å². The predicted molar refractivity (Wildman–Crippen MR) is 80.8 cm³/mol. The summed E-state index contributed by atoms with van der Waals surface area (Å²) in [6.45, 7) is 0.0643. The Labute approximate surface area is 135 Å². The van der Waals surface area contributed by atoms with Crippen LogP contribution >= 0.6 is 0 Å². The van der Waals surface area contributed by atoms with E-state index in [2.05, 4.69) is 5.32 Å². The molecule has 2 N–H and O–H groups in total. The smallest absolute Gasteiger partial charge is 0.416 e. The van der Waals surface area contributed by atoms with Gasteiger partial charge in [-0.15, -0.1) is 0 Å². The average molecular weight is 340 g/mol. The molecular weight excluding hydrogens is 325 g/mol. The molecule has 0 bridgehead atoms. The minimum absolute atomic E-state index is 0.0643. The Morgan fingerprint density at radius 1 is 1.29 bits per heavy atom. The predicted octanol–water partition coefficient (Wildman–Crippen LogP) is 2.08. The van der Waals surface area contributed by atoms with Crippen molar-refractivity contribution in [3.63, 3.8) is 0 Å². The van der Waals surface area contributed by atoms with Crippen LogP contribution in [0.25, 0.3) is 0 Å². The molecule has 0 radical (unpaired) electrons. The maximum Gasteiger partial charge on any atom is 0.416 e. The molecule has 8 heteroatoms. The van der Waals surface area contributed by atoms with Crippen molar-refractivity contribution in [1.29, 1.82) is 0 Å². The van der Waals surface area contributed by atoms with E-state index in [4.69, 9.17) is 0 Å². The standard InChI is InChI=1S/C16H15F3N2O3/c1-21-8-6-12(13(22)15(21)24)14(23)20-7-5-10-3-2-4-11(9-10)16(17,18)19/h2-4,6,8-9,22H,5,7H2,1H3,(H,20,23). The first-order chi connectivity index (χ1) is 11.2. The summed E-state index contributed by atoms with van der Waals surface area (Å²) in [5.74, 6) is -1.34. The second kappa shape index (κ2) is 6.77. The van der Waals surface area contributed by atoms with Crippen LogP contribution in [0.4, 0.5) is 13.2 Å². The fraction of sp³-hybridized carbons (Fsp3) is 0.250. The Morgan fingerprint density at radius 3 is 2.67 bits per heavy atom. The van der Waals surface area contributed by atoms with Crippen LogP contribution in [-0.2, 0) is 19.6 Å². The van der Waals surface area contributed by atoms with E-state index in [1.54, 1.807) is 0 Å². The first kappa shape index (κ1) is 17.6. The van der Waals surface area contributed by atoms with Crippen molar-refractivity contribution in [2.45, 2.75) is 12.6 Å². The first-order valence-corrected chi connectivity index (χ1v) is 7.03. The number of halogens is 3. The molecule has 1 aromatic carbocycles. The Morgan fingerprint density at radius 2 is 2.00 bits per heavy atom. The third-order valence-electron chi connectivity index (χ3n) is 3.44.